The molecule has 4 heteroatoms. The van der Waals surface area contributed by atoms with Gasteiger partial charge in [0.15, 0.2) is 0 Å². The third-order valence-corrected chi connectivity index (χ3v) is 4.11. The molecule has 2 aromatic heterocycles. The van der Waals surface area contributed by atoms with Gasteiger partial charge in [-0.15, -0.1) is 10.2 Å². The Bertz CT molecular complexity index is 949. The molecule has 4 aromatic rings. The van der Waals surface area contributed by atoms with E-state index < -0.39 is 0 Å². The van der Waals surface area contributed by atoms with E-state index in [0.29, 0.717) is 11.8 Å². The van der Waals surface area contributed by atoms with Gasteiger partial charge < -0.3 is 4.42 Å². The lowest BCUT2D eigenvalue weighted by Gasteiger charge is -2.06. The smallest absolute Gasteiger partial charge is 0.249 e. The highest BCUT2D eigenvalue weighted by Crippen LogP contribution is 2.26. The third-order valence-electron chi connectivity index (χ3n) is 4.11. The van der Waals surface area contributed by atoms with E-state index in [4.69, 9.17) is 4.42 Å². The summed E-state index contributed by atoms with van der Waals surface area (Å²) in [6.07, 6.45) is 5.34. The van der Waals surface area contributed by atoms with Gasteiger partial charge in [0.1, 0.15) is 0 Å². The zero-order valence-electron chi connectivity index (χ0n) is 13.7. The minimum atomic E-state index is 0.487. The largest absolute Gasteiger partial charge is 0.416 e. The van der Waals surface area contributed by atoms with Crippen LogP contribution in [0.5, 0.6) is 0 Å². The van der Waals surface area contributed by atoms with E-state index in [1.54, 1.807) is 12.4 Å². The molecule has 0 aliphatic carbocycles. The fraction of sp³-hybridized carbons (Fsp3) is 0.0952. The molecule has 0 fully saturated rings. The molecule has 0 saturated heterocycles. The number of hydrogen-bond donors (Lipinski definition) is 0. The van der Waals surface area contributed by atoms with Crippen molar-refractivity contribution in [1.29, 1.82) is 0 Å². The van der Waals surface area contributed by atoms with Gasteiger partial charge in [-0.1, -0.05) is 48.5 Å². The summed E-state index contributed by atoms with van der Waals surface area (Å²) in [7, 11) is 0. The highest BCUT2D eigenvalue weighted by atomic mass is 16.4. The Kier molecular flexibility index (Phi) is 4.33. The molecule has 4 rings (SSSR count). The average Bonchev–Trinajstić information content (AvgIpc) is 3.18. The number of benzene rings is 2. The first-order chi connectivity index (χ1) is 12.4. The number of aryl methyl sites for hydroxylation is 2. The minimum Gasteiger partial charge on any atom is -0.416 e. The van der Waals surface area contributed by atoms with Crippen LogP contribution in [0, 0.1) is 0 Å². The van der Waals surface area contributed by atoms with Gasteiger partial charge in [0, 0.05) is 18.0 Å². The van der Waals surface area contributed by atoms with Crippen LogP contribution in [-0.4, -0.2) is 15.2 Å². The summed E-state index contributed by atoms with van der Waals surface area (Å²) in [4.78, 5) is 4.10. The Morgan fingerprint density at radius 3 is 2.36 bits per heavy atom. The summed E-state index contributed by atoms with van der Waals surface area (Å²) in [5.74, 6) is 1.03. The van der Waals surface area contributed by atoms with Gasteiger partial charge in [-0.05, 0) is 42.2 Å². The second kappa shape index (κ2) is 7.09. The van der Waals surface area contributed by atoms with Gasteiger partial charge in [-0.3, -0.25) is 4.98 Å². The standard InChI is InChI=1S/C21H17N3O/c1-2-7-16(8-3-1)12-13-17-9-4-5-11-19(17)21-24-23-20(25-21)18-10-6-14-22-15-18/h1-11,14-15H,12-13H2. The van der Waals surface area contributed by atoms with Gasteiger partial charge in [-0.25, -0.2) is 0 Å². The topological polar surface area (TPSA) is 51.8 Å². The van der Waals surface area contributed by atoms with Gasteiger partial charge in [0.05, 0.1) is 5.56 Å². The maximum atomic E-state index is 5.89. The first kappa shape index (κ1) is 15.3. The highest BCUT2D eigenvalue weighted by Gasteiger charge is 2.13. The summed E-state index contributed by atoms with van der Waals surface area (Å²) < 4.78 is 5.89. The Balaban J connectivity index is 1.60. The maximum absolute atomic E-state index is 5.89. The predicted octanol–water partition coefficient (Wildman–Crippen LogP) is 4.58. The van der Waals surface area contributed by atoms with Crippen molar-refractivity contribution >= 4 is 0 Å². The van der Waals surface area contributed by atoms with E-state index in [2.05, 4.69) is 45.5 Å². The molecule has 0 saturated carbocycles. The number of aromatic nitrogens is 3. The Hall–Kier alpha value is -3.27. The molecule has 25 heavy (non-hydrogen) atoms. The van der Waals surface area contributed by atoms with Crippen LogP contribution < -0.4 is 0 Å². The molecule has 2 aromatic carbocycles. The Labute approximate surface area is 146 Å². The summed E-state index contributed by atoms with van der Waals surface area (Å²) in [6.45, 7) is 0. The van der Waals surface area contributed by atoms with Gasteiger partial charge in [0.25, 0.3) is 0 Å². The molecular weight excluding hydrogens is 310 g/mol. The summed E-state index contributed by atoms with van der Waals surface area (Å²) >= 11 is 0. The van der Waals surface area contributed by atoms with Crippen LogP contribution in [0.3, 0.4) is 0 Å². The third kappa shape index (κ3) is 3.48. The Morgan fingerprint density at radius 2 is 1.52 bits per heavy atom. The molecule has 0 radical (unpaired) electrons. The zero-order chi connectivity index (χ0) is 16.9. The molecule has 0 atom stereocenters. The van der Waals surface area contributed by atoms with E-state index in [-0.39, 0.29) is 0 Å². The first-order valence-electron chi connectivity index (χ1n) is 8.26. The monoisotopic (exact) mass is 327 g/mol. The fourth-order valence-electron chi connectivity index (χ4n) is 2.81. The first-order valence-corrected chi connectivity index (χ1v) is 8.26. The lowest BCUT2D eigenvalue weighted by atomic mass is 10.00. The molecule has 0 spiro atoms. The summed E-state index contributed by atoms with van der Waals surface area (Å²) in [6, 6.07) is 22.4. The van der Waals surface area contributed by atoms with Crippen molar-refractivity contribution in [3.05, 3.63) is 90.3 Å². The lowest BCUT2D eigenvalue weighted by molar-refractivity contribution is 0.583. The molecule has 0 N–H and O–H groups in total. The van der Waals surface area contributed by atoms with E-state index in [1.165, 1.54) is 11.1 Å². The number of pyridine rings is 1. The zero-order valence-corrected chi connectivity index (χ0v) is 13.7. The molecule has 0 amide bonds. The van der Waals surface area contributed by atoms with E-state index >= 15 is 0 Å². The van der Waals surface area contributed by atoms with Gasteiger partial charge >= 0.3 is 0 Å². The molecule has 0 aliphatic rings. The van der Waals surface area contributed by atoms with Gasteiger partial charge in [0.2, 0.25) is 11.8 Å². The van der Waals surface area contributed by atoms with Crippen molar-refractivity contribution in [2.45, 2.75) is 12.8 Å². The van der Waals surface area contributed by atoms with Crippen LogP contribution in [0.1, 0.15) is 11.1 Å². The van der Waals surface area contributed by atoms with E-state index in [0.717, 1.165) is 24.0 Å². The maximum Gasteiger partial charge on any atom is 0.249 e. The molecule has 0 aliphatic heterocycles. The van der Waals surface area contributed by atoms with E-state index in [1.807, 2.05) is 36.4 Å². The highest BCUT2D eigenvalue weighted by molar-refractivity contribution is 5.60. The van der Waals surface area contributed by atoms with Crippen LogP contribution >= 0.6 is 0 Å². The number of nitrogens with zero attached hydrogens (tertiary/aromatic N) is 3. The van der Waals surface area contributed by atoms with Crippen LogP contribution in [-0.2, 0) is 12.8 Å². The summed E-state index contributed by atoms with van der Waals surface area (Å²) in [5, 5.41) is 8.40. The van der Waals surface area contributed by atoms with Crippen molar-refractivity contribution in [1.82, 2.24) is 15.2 Å². The SMILES string of the molecule is c1ccc(CCc2ccccc2-c2nnc(-c3cccnc3)o2)cc1. The Morgan fingerprint density at radius 1 is 0.720 bits per heavy atom. The van der Waals surface area contributed by atoms with Crippen molar-refractivity contribution in [3.8, 4) is 22.9 Å². The van der Waals surface area contributed by atoms with Crippen molar-refractivity contribution < 1.29 is 4.42 Å². The van der Waals surface area contributed by atoms with Crippen molar-refractivity contribution in [2.75, 3.05) is 0 Å². The quantitative estimate of drug-likeness (QED) is 0.538. The van der Waals surface area contributed by atoms with Crippen molar-refractivity contribution in [2.24, 2.45) is 0 Å². The number of rotatable bonds is 5. The van der Waals surface area contributed by atoms with E-state index in [9.17, 15) is 0 Å². The molecule has 4 nitrogen and oxygen atoms in total. The van der Waals surface area contributed by atoms with Crippen LogP contribution in [0.2, 0.25) is 0 Å². The summed E-state index contributed by atoms with van der Waals surface area (Å²) in [5.41, 5.74) is 4.33. The predicted molar refractivity (Wildman–Crippen MR) is 96.8 cm³/mol. The lowest BCUT2D eigenvalue weighted by Crippen LogP contribution is -1.94. The van der Waals surface area contributed by atoms with Crippen LogP contribution in [0.15, 0.2) is 83.5 Å². The number of hydrogen-bond acceptors (Lipinski definition) is 4. The normalized spacial score (nSPS) is 10.7. The molecule has 0 unspecified atom stereocenters. The van der Waals surface area contributed by atoms with Gasteiger partial charge in [-0.2, -0.15) is 0 Å². The molecule has 0 bridgehead atoms. The van der Waals surface area contributed by atoms with Crippen LogP contribution in [0.25, 0.3) is 22.9 Å². The molecular formula is C21H17N3O. The molecule has 122 valence electrons. The average molecular weight is 327 g/mol. The van der Waals surface area contributed by atoms with Crippen molar-refractivity contribution in [3.63, 3.8) is 0 Å². The second-order valence-corrected chi connectivity index (χ2v) is 5.80. The second-order valence-electron chi connectivity index (χ2n) is 5.80. The molecule has 2 heterocycles. The fourth-order valence-corrected chi connectivity index (χ4v) is 2.81. The van der Waals surface area contributed by atoms with Crippen LogP contribution in [0.4, 0.5) is 0 Å². The minimum absolute atomic E-state index is 0.487.